The Morgan fingerprint density at radius 3 is 0.847 bits per heavy atom. The lowest BCUT2D eigenvalue weighted by Gasteiger charge is -2.22. The second kappa shape index (κ2) is 50.8. The maximum Gasteiger partial charge on any atom is 0.305 e. The summed E-state index contributed by atoms with van der Waals surface area (Å²) in [6.45, 7) is 4.72. The Bertz CT molecular complexity index is 4200. The molecule has 118 heavy (non-hydrogen) atoms. The van der Waals surface area contributed by atoms with E-state index in [2.05, 4.69) is 4.74 Å². The van der Waals surface area contributed by atoms with Crippen LogP contribution in [-0.2, 0) is 54.1 Å². The Morgan fingerprint density at radius 2 is 0.551 bits per heavy atom. The molecule has 0 saturated heterocycles. The van der Waals surface area contributed by atoms with Crippen LogP contribution in [0.1, 0.15) is 230 Å². The Hall–Kier alpha value is -9.01. The van der Waals surface area contributed by atoms with Crippen molar-refractivity contribution in [2.45, 2.75) is 175 Å². The zero-order valence-corrected chi connectivity index (χ0v) is 71.2. The number of ether oxygens (including phenoxy) is 6. The van der Waals surface area contributed by atoms with E-state index >= 15 is 0 Å². The fourth-order valence-corrected chi connectivity index (χ4v) is 16.1. The molecule has 0 amide bonds. The average Bonchev–Trinajstić information content (AvgIpc) is 0.829. The summed E-state index contributed by atoms with van der Waals surface area (Å²) in [7, 11) is 8.46. The zero-order chi connectivity index (χ0) is 87.5. The van der Waals surface area contributed by atoms with E-state index in [1.807, 2.05) is 32.0 Å². The van der Waals surface area contributed by atoms with Gasteiger partial charge in [0.15, 0.2) is 34.7 Å². The van der Waals surface area contributed by atoms with Crippen molar-refractivity contribution in [3.63, 3.8) is 0 Å². The number of nitrogens with zero attached hydrogens (tertiary/aromatic N) is 5. The highest BCUT2D eigenvalue weighted by atomic mass is 35.5. The van der Waals surface area contributed by atoms with Crippen molar-refractivity contribution in [2.24, 2.45) is 23.7 Å². The minimum atomic E-state index is -1.08. The highest BCUT2D eigenvalue weighted by Gasteiger charge is 2.30. The van der Waals surface area contributed by atoms with Crippen molar-refractivity contribution in [3.05, 3.63) is 222 Å². The van der Waals surface area contributed by atoms with Crippen molar-refractivity contribution in [2.75, 3.05) is 88.0 Å². The van der Waals surface area contributed by atoms with Crippen LogP contribution >= 0.6 is 46.4 Å². The zero-order valence-electron chi connectivity index (χ0n) is 68.1. The molecule has 6 aromatic rings. The van der Waals surface area contributed by atoms with Gasteiger partial charge in [-0.2, -0.15) is 4.39 Å². The first-order valence-electron chi connectivity index (χ1n) is 38.9. The fourth-order valence-electron chi connectivity index (χ4n) is 15.0. The molecule has 28 nitrogen and oxygen atoms in total. The van der Waals surface area contributed by atoms with Gasteiger partial charge < -0.3 is 34.2 Å². The molecule has 0 radical (unpaired) electrons. The SMILES string of the molecule is COCC(=O)c1cc(N)c(CC2CCCCC2)cc1Cl.COCC(=O)c1cc([N+](=O)[O-])c(CC2CCCCC2)cc1C.COCC(=O)c1cc([N+](=O)[O-])c(CC2CCCCC2)cc1C.COCC(=O)c1cc([N+](=O)[O-])c(CC2CCCCC2)cc1Cl.COCC(=O)c1cc([N+](=O)[O-])c(Cl)cc1C.COCC(=O)c1cc([N+](=O)[O-])c(F)cc1Cl. The van der Waals surface area contributed by atoms with Crippen LogP contribution in [0, 0.1) is 101 Å². The number of nitro groups is 5. The number of benzene rings is 6. The minimum absolute atomic E-state index is 0.0190. The van der Waals surface area contributed by atoms with E-state index in [1.54, 1.807) is 19.1 Å². The van der Waals surface area contributed by atoms with Crippen LogP contribution in [0.15, 0.2) is 72.8 Å². The number of aryl methyl sites for hydroxylation is 3. The number of nitro benzene ring substituents is 5. The summed E-state index contributed by atoms with van der Waals surface area (Å²) in [4.78, 5) is 123. The highest BCUT2D eigenvalue weighted by Crippen LogP contribution is 2.38. The number of Topliss-reactive ketones (excluding diaryl/α,β-unsaturated/α-hetero) is 6. The number of carbonyl (C=O) groups excluding carboxylic acids is 6. The molecule has 2 N–H and O–H groups in total. The number of nitrogens with two attached hydrogens (primary N) is 1. The number of halogens is 5. The van der Waals surface area contributed by atoms with Gasteiger partial charge in [0.05, 0.1) is 39.7 Å². The Morgan fingerprint density at radius 1 is 0.322 bits per heavy atom. The predicted octanol–water partition coefficient (Wildman–Crippen LogP) is 20.4. The van der Waals surface area contributed by atoms with Crippen molar-refractivity contribution in [1.82, 2.24) is 0 Å². The van der Waals surface area contributed by atoms with Crippen LogP contribution in [-0.4, -0.2) is 142 Å². The maximum absolute atomic E-state index is 13.1. The molecule has 6 aromatic carbocycles. The molecule has 642 valence electrons. The first-order valence-corrected chi connectivity index (χ1v) is 40.5. The Kier molecular flexibility index (Phi) is 42.9. The standard InChI is InChI=1S/2C17H23NO4.C16H20ClNO4.C16H22ClNO2.C10H10ClNO4.C9H7ClFNO4/c2*1-12-8-14(9-13-6-4-3-5-7-13)16(18(20)21)10-15(12)17(19)11-22-2;1-22-10-16(19)13-9-15(18(20)21)12(8-14(13)17)7-11-5-3-2-4-6-11;1-20-10-16(19)13-9-15(18)12(8-14(13)17)7-11-5-3-2-4-6-11;1-6-3-8(11)9(12(14)15)4-7(6)10(13)5-16-2;1-16-4-9(13)5-2-8(12(14)15)7(11)3-6(5)10/h2*8,10,13H,3-7,9,11H2,1-2H3;8-9,11H,2-7,10H2,1H3;8-9,11H,2-7,10,18H2,1H3;3-4H,5H2,1-2H3;2-3H,4H2,1H3. The number of carbonyl (C=O) groups is 6. The van der Waals surface area contributed by atoms with Gasteiger partial charge >= 0.3 is 5.69 Å². The predicted molar refractivity (Wildman–Crippen MR) is 449 cm³/mol. The summed E-state index contributed by atoms with van der Waals surface area (Å²) in [6, 6.07) is 17.0. The summed E-state index contributed by atoms with van der Waals surface area (Å²) in [5.74, 6) is -0.640. The molecule has 10 rings (SSSR count). The van der Waals surface area contributed by atoms with E-state index < -0.39 is 32.1 Å². The van der Waals surface area contributed by atoms with Crippen molar-refractivity contribution in [3.8, 4) is 0 Å². The van der Waals surface area contributed by atoms with Crippen LogP contribution in [0.3, 0.4) is 0 Å². The second-order valence-corrected chi connectivity index (χ2v) is 31.4. The molecule has 0 unspecified atom stereocenters. The quantitative estimate of drug-likeness (QED) is 0.0183. The molecule has 0 aliphatic heterocycles. The topological polar surface area (TPSA) is 400 Å². The Balaban J connectivity index is 0.000000254. The van der Waals surface area contributed by atoms with Crippen LogP contribution < -0.4 is 5.73 Å². The van der Waals surface area contributed by atoms with Crippen LogP contribution in [0.5, 0.6) is 0 Å². The smallest absolute Gasteiger partial charge is 0.305 e. The molecule has 0 bridgehead atoms. The molecule has 4 fully saturated rings. The summed E-state index contributed by atoms with van der Waals surface area (Å²) >= 11 is 23.7. The molecule has 33 heteroatoms. The highest BCUT2D eigenvalue weighted by molar-refractivity contribution is 6.35. The van der Waals surface area contributed by atoms with E-state index in [1.165, 1.54) is 163 Å². The lowest BCUT2D eigenvalue weighted by Crippen LogP contribution is -2.13. The number of hydrogen-bond donors (Lipinski definition) is 1. The van der Waals surface area contributed by atoms with E-state index in [9.17, 15) is 83.7 Å². The van der Waals surface area contributed by atoms with Crippen LogP contribution in [0.25, 0.3) is 0 Å². The fraction of sp³-hybridized carbons (Fsp3) is 0.506. The molecule has 4 aliphatic carbocycles. The minimum Gasteiger partial charge on any atom is -0.398 e. The first-order chi connectivity index (χ1) is 56.1. The van der Waals surface area contributed by atoms with Crippen LogP contribution in [0.2, 0.25) is 20.1 Å². The van der Waals surface area contributed by atoms with Crippen LogP contribution in [0.4, 0.5) is 38.5 Å². The number of rotatable bonds is 31. The van der Waals surface area contributed by atoms with Gasteiger partial charge in [-0.1, -0.05) is 175 Å². The van der Waals surface area contributed by atoms with Gasteiger partial charge in [0.25, 0.3) is 22.7 Å². The molecule has 0 spiro atoms. The third kappa shape index (κ3) is 31.0. The van der Waals surface area contributed by atoms with Gasteiger partial charge in [-0.05, 0) is 129 Å². The third-order valence-corrected chi connectivity index (χ3v) is 22.2. The van der Waals surface area contributed by atoms with Gasteiger partial charge in [-0.25, -0.2) is 0 Å². The van der Waals surface area contributed by atoms with Crippen molar-refractivity contribution >= 4 is 115 Å². The number of hydrogen-bond acceptors (Lipinski definition) is 23. The molecule has 0 aromatic heterocycles. The monoisotopic (exact) mass is 1720 g/mol. The molecule has 4 saturated carbocycles. The first kappa shape index (κ1) is 99.6. The molecule has 0 heterocycles. The normalized spacial score (nSPS) is 14.3. The lowest BCUT2D eigenvalue weighted by atomic mass is 9.84. The summed E-state index contributed by atoms with van der Waals surface area (Å²) in [5.41, 5.74) is 12.7. The molecule has 4 aliphatic rings. The molecular formula is C85H105Cl4FN6O22. The second-order valence-electron chi connectivity index (χ2n) is 29.7. The largest absolute Gasteiger partial charge is 0.398 e. The Labute approximate surface area is 705 Å². The maximum atomic E-state index is 13.1. The van der Waals surface area contributed by atoms with Crippen molar-refractivity contribution < 1.29 is 86.2 Å². The number of methoxy groups -OCH3 is 6. The van der Waals surface area contributed by atoms with Gasteiger partial charge in [-0.3, -0.25) is 79.3 Å². The van der Waals surface area contributed by atoms with Gasteiger partial charge in [0.1, 0.15) is 44.7 Å². The van der Waals surface area contributed by atoms with E-state index in [0.717, 1.165) is 97.7 Å². The van der Waals surface area contributed by atoms with E-state index in [4.69, 9.17) is 75.8 Å². The average molecular weight is 1720 g/mol. The van der Waals surface area contributed by atoms with Gasteiger partial charge in [0.2, 0.25) is 5.82 Å². The van der Waals surface area contributed by atoms with Crippen molar-refractivity contribution in [1.29, 1.82) is 0 Å². The van der Waals surface area contributed by atoms with Gasteiger partial charge in [-0.15, -0.1) is 0 Å². The van der Waals surface area contributed by atoms with E-state index in [0.29, 0.717) is 68.6 Å². The lowest BCUT2D eigenvalue weighted by molar-refractivity contribution is -0.387. The van der Waals surface area contributed by atoms with Gasteiger partial charge in [0, 0.05) is 135 Å². The summed E-state index contributed by atoms with van der Waals surface area (Å²) in [5, 5.41) is 55.7. The molecular weight excluding hydrogens is 1620 g/mol. The number of nitrogen functional groups attached to an aromatic ring is 1. The summed E-state index contributed by atoms with van der Waals surface area (Å²) in [6.07, 6.45) is 27.3. The number of ketones is 6. The third-order valence-electron chi connectivity index (χ3n) is 21.0. The molecule has 0 atom stereocenters. The summed E-state index contributed by atoms with van der Waals surface area (Å²) < 4.78 is 41.7. The number of anilines is 1. The van der Waals surface area contributed by atoms with E-state index in [-0.39, 0.29) is 133 Å².